The number of nitrogens with two attached hydrogens (primary N) is 1. The Morgan fingerprint density at radius 1 is 1.29 bits per heavy atom. The molecule has 0 amide bonds. The van der Waals surface area contributed by atoms with Gasteiger partial charge in [0.2, 0.25) is 0 Å². The SMILES string of the molecule is Nc1cc([N+](=O)[O-])cc(N(CCO)Cc2ccccc2)n1. The van der Waals surface area contributed by atoms with Crippen LogP contribution in [0.25, 0.3) is 0 Å². The number of hydrogen-bond donors (Lipinski definition) is 2. The molecule has 0 radical (unpaired) electrons. The molecule has 0 spiro atoms. The molecule has 0 saturated heterocycles. The van der Waals surface area contributed by atoms with Crippen molar-refractivity contribution in [3.63, 3.8) is 0 Å². The van der Waals surface area contributed by atoms with Gasteiger partial charge in [0.05, 0.1) is 23.7 Å². The van der Waals surface area contributed by atoms with Crippen LogP contribution in [0, 0.1) is 10.1 Å². The summed E-state index contributed by atoms with van der Waals surface area (Å²) in [5.41, 5.74) is 6.51. The van der Waals surface area contributed by atoms with Crippen LogP contribution in [0.15, 0.2) is 42.5 Å². The van der Waals surface area contributed by atoms with Crippen molar-refractivity contribution >= 4 is 17.3 Å². The van der Waals surface area contributed by atoms with Crippen molar-refractivity contribution in [2.24, 2.45) is 0 Å². The zero-order chi connectivity index (χ0) is 15.2. The third-order valence-electron chi connectivity index (χ3n) is 2.94. The largest absolute Gasteiger partial charge is 0.395 e. The van der Waals surface area contributed by atoms with Crippen LogP contribution in [-0.4, -0.2) is 28.2 Å². The number of hydrogen-bond acceptors (Lipinski definition) is 6. The summed E-state index contributed by atoms with van der Waals surface area (Å²) in [4.78, 5) is 16.3. The Hall–Kier alpha value is -2.67. The van der Waals surface area contributed by atoms with Crippen molar-refractivity contribution in [3.05, 3.63) is 58.1 Å². The molecule has 0 aliphatic rings. The first kappa shape index (κ1) is 14.7. The summed E-state index contributed by atoms with van der Waals surface area (Å²) >= 11 is 0. The Bertz CT molecular complexity index is 619. The molecule has 0 aliphatic heterocycles. The van der Waals surface area contributed by atoms with E-state index in [9.17, 15) is 15.2 Å². The second-order valence-electron chi connectivity index (χ2n) is 4.50. The summed E-state index contributed by atoms with van der Waals surface area (Å²) in [6.07, 6.45) is 0. The van der Waals surface area contributed by atoms with Gasteiger partial charge >= 0.3 is 0 Å². The minimum absolute atomic E-state index is 0.0789. The van der Waals surface area contributed by atoms with E-state index in [0.29, 0.717) is 18.9 Å². The number of aliphatic hydroxyl groups excluding tert-OH is 1. The molecule has 1 aromatic carbocycles. The molecule has 2 rings (SSSR count). The van der Waals surface area contributed by atoms with Crippen LogP contribution in [0.2, 0.25) is 0 Å². The van der Waals surface area contributed by atoms with E-state index >= 15 is 0 Å². The molecule has 0 bridgehead atoms. The van der Waals surface area contributed by atoms with Gasteiger partial charge in [0, 0.05) is 13.1 Å². The first-order valence-corrected chi connectivity index (χ1v) is 6.42. The topological polar surface area (TPSA) is 106 Å². The Morgan fingerprint density at radius 2 is 2.00 bits per heavy atom. The van der Waals surface area contributed by atoms with Crippen molar-refractivity contribution in [3.8, 4) is 0 Å². The normalized spacial score (nSPS) is 10.3. The van der Waals surface area contributed by atoms with Crippen LogP contribution in [0.4, 0.5) is 17.3 Å². The van der Waals surface area contributed by atoms with E-state index in [2.05, 4.69) is 4.98 Å². The number of aromatic nitrogens is 1. The Kier molecular flexibility index (Phi) is 4.68. The smallest absolute Gasteiger partial charge is 0.276 e. The second kappa shape index (κ2) is 6.67. The first-order valence-electron chi connectivity index (χ1n) is 6.42. The van der Waals surface area contributed by atoms with Gasteiger partial charge in [-0.2, -0.15) is 0 Å². The first-order chi connectivity index (χ1) is 10.1. The maximum atomic E-state index is 10.9. The maximum Gasteiger partial charge on any atom is 0.276 e. The number of anilines is 2. The highest BCUT2D eigenvalue weighted by Crippen LogP contribution is 2.23. The molecular weight excluding hydrogens is 272 g/mol. The van der Waals surface area contributed by atoms with E-state index in [0.717, 1.165) is 5.56 Å². The van der Waals surface area contributed by atoms with E-state index in [1.54, 1.807) is 4.90 Å². The highest BCUT2D eigenvalue weighted by molar-refractivity contribution is 5.54. The van der Waals surface area contributed by atoms with Gasteiger partial charge in [-0.3, -0.25) is 10.1 Å². The van der Waals surface area contributed by atoms with Crippen molar-refractivity contribution in [1.29, 1.82) is 0 Å². The summed E-state index contributed by atoms with van der Waals surface area (Å²) in [6.45, 7) is 0.703. The Morgan fingerprint density at radius 3 is 2.62 bits per heavy atom. The van der Waals surface area contributed by atoms with Gasteiger partial charge in [0.15, 0.2) is 0 Å². The van der Waals surface area contributed by atoms with Crippen LogP contribution in [-0.2, 0) is 6.54 Å². The molecule has 21 heavy (non-hydrogen) atoms. The minimum atomic E-state index is -0.513. The third kappa shape index (κ3) is 3.90. The fraction of sp³-hybridized carbons (Fsp3) is 0.214. The molecule has 7 heteroatoms. The lowest BCUT2D eigenvalue weighted by atomic mass is 10.2. The number of benzene rings is 1. The fourth-order valence-electron chi connectivity index (χ4n) is 1.99. The summed E-state index contributed by atoms with van der Waals surface area (Å²) in [5.74, 6) is 0.454. The number of nitrogen functional groups attached to an aromatic ring is 1. The molecule has 0 fully saturated rings. The third-order valence-corrected chi connectivity index (χ3v) is 2.94. The highest BCUT2D eigenvalue weighted by atomic mass is 16.6. The second-order valence-corrected chi connectivity index (χ2v) is 4.50. The number of nitrogens with zero attached hydrogens (tertiary/aromatic N) is 3. The molecular formula is C14H16N4O3. The summed E-state index contributed by atoms with van der Waals surface area (Å²) in [5, 5.41) is 20.1. The minimum Gasteiger partial charge on any atom is -0.395 e. The average molecular weight is 288 g/mol. The Balaban J connectivity index is 2.31. The van der Waals surface area contributed by atoms with E-state index in [4.69, 9.17) is 5.73 Å². The molecule has 0 unspecified atom stereocenters. The number of aliphatic hydroxyl groups is 1. The van der Waals surface area contributed by atoms with Gasteiger partial charge in [-0.25, -0.2) is 4.98 Å². The maximum absolute atomic E-state index is 10.9. The zero-order valence-corrected chi connectivity index (χ0v) is 11.3. The lowest BCUT2D eigenvalue weighted by Crippen LogP contribution is -2.27. The molecule has 2 aromatic rings. The molecule has 3 N–H and O–H groups in total. The molecule has 7 nitrogen and oxygen atoms in total. The van der Waals surface area contributed by atoms with Crippen LogP contribution in [0.5, 0.6) is 0 Å². The average Bonchev–Trinajstić information content (AvgIpc) is 2.47. The number of nitro groups is 1. The van der Waals surface area contributed by atoms with Crippen molar-refractivity contribution in [2.75, 3.05) is 23.8 Å². The van der Waals surface area contributed by atoms with E-state index in [-0.39, 0.29) is 18.1 Å². The predicted molar refractivity (Wildman–Crippen MR) is 79.9 cm³/mol. The van der Waals surface area contributed by atoms with Crippen LogP contribution in [0.1, 0.15) is 5.56 Å². The molecule has 110 valence electrons. The summed E-state index contributed by atoms with van der Waals surface area (Å²) in [7, 11) is 0. The molecule has 1 aromatic heterocycles. The van der Waals surface area contributed by atoms with Crippen molar-refractivity contribution in [2.45, 2.75) is 6.54 Å². The number of pyridine rings is 1. The van der Waals surface area contributed by atoms with Gasteiger partial charge in [-0.05, 0) is 5.56 Å². The zero-order valence-electron chi connectivity index (χ0n) is 11.3. The highest BCUT2D eigenvalue weighted by Gasteiger charge is 2.15. The van der Waals surface area contributed by atoms with E-state index in [1.165, 1.54) is 12.1 Å². The lowest BCUT2D eigenvalue weighted by molar-refractivity contribution is -0.384. The van der Waals surface area contributed by atoms with Gasteiger partial charge in [0.1, 0.15) is 11.6 Å². The van der Waals surface area contributed by atoms with Gasteiger partial charge in [0.25, 0.3) is 5.69 Å². The molecule has 0 atom stereocenters. The van der Waals surface area contributed by atoms with E-state index < -0.39 is 4.92 Å². The fourth-order valence-corrected chi connectivity index (χ4v) is 1.99. The standard InChI is InChI=1S/C14H16N4O3/c15-13-8-12(18(20)21)9-14(16-13)17(6-7-19)10-11-4-2-1-3-5-11/h1-5,8-9,19H,6-7,10H2,(H2,15,16). The quantitative estimate of drug-likeness (QED) is 0.617. The van der Waals surface area contributed by atoms with Crippen LogP contribution >= 0.6 is 0 Å². The molecule has 0 saturated carbocycles. The van der Waals surface area contributed by atoms with E-state index in [1.807, 2.05) is 30.3 Å². The van der Waals surface area contributed by atoms with Crippen molar-refractivity contribution in [1.82, 2.24) is 4.98 Å². The monoisotopic (exact) mass is 288 g/mol. The van der Waals surface area contributed by atoms with Crippen LogP contribution < -0.4 is 10.6 Å². The summed E-state index contributed by atoms with van der Waals surface area (Å²) < 4.78 is 0. The lowest BCUT2D eigenvalue weighted by Gasteiger charge is -2.23. The molecule has 0 aliphatic carbocycles. The van der Waals surface area contributed by atoms with Gasteiger partial charge < -0.3 is 15.7 Å². The Labute approximate surface area is 121 Å². The van der Waals surface area contributed by atoms with Gasteiger partial charge in [-0.1, -0.05) is 30.3 Å². The molecule has 1 heterocycles. The van der Waals surface area contributed by atoms with Crippen LogP contribution in [0.3, 0.4) is 0 Å². The van der Waals surface area contributed by atoms with Crippen molar-refractivity contribution < 1.29 is 10.0 Å². The number of rotatable bonds is 6. The predicted octanol–water partition coefficient (Wildman–Crippen LogP) is 1.57. The summed E-state index contributed by atoms with van der Waals surface area (Å²) in [6, 6.07) is 12.2. The van der Waals surface area contributed by atoms with Gasteiger partial charge in [-0.15, -0.1) is 0 Å².